The van der Waals surface area contributed by atoms with E-state index in [1.54, 1.807) is 11.3 Å². The maximum absolute atomic E-state index is 9.60. The largest absolute Gasteiger partial charge is 0.390 e. The van der Waals surface area contributed by atoms with Gasteiger partial charge in [0.15, 0.2) is 0 Å². The van der Waals surface area contributed by atoms with Gasteiger partial charge in [0.05, 0.1) is 16.8 Å². The molecule has 0 saturated heterocycles. The summed E-state index contributed by atoms with van der Waals surface area (Å²) in [5.74, 6) is 0. The van der Waals surface area contributed by atoms with Crippen LogP contribution < -0.4 is 0 Å². The number of rotatable bonds is 3. The number of aryl methyl sites for hydroxylation is 2. The highest BCUT2D eigenvalue weighted by atomic mass is 32.1. The minimum atomic E-state index is -0.309. The van der Waals surface area contributed by atoms with Crippen LogP contribution in [0.4, 0.5) is 0 Å². The highest BCUT2D eigenvalue weighted by molar-refractivity contribution is 7.09. The Morgan fingerprint density at radius 3 is 2.92 bits per heavy atom. The van der Waals surface area contributed by atoms with Crippen LogP contribution in [-0.4, -0.2) is 15.7 Å². The van der Waals surface area contributed by atoms with E-state index < -0.39 is 0 Å². The Labute approximate surface area is 76.3 Å². The molecule has 1 aliphatic rings. The number of nitrogens with zero attached hydrogens (tertiary/aromatic N) is 1. The van der Waals surface area contributed by atoms with E-state index in [4.69, 9.17) is 0 Å². The van der Waals surface area contributed by atoms with Gasteiger partial charge < -0.3 is 5.11 Å². The second-order valence-corrected chi connectivity index (χ2v) is 4.52. The van der Waals surface area contributed by atoms with Gasteiger partial charge in [-0.2, -0.15) is 0 Å². The van der Waals surface area contributed by atoms with Crippen molar-refractivity contribution in [3.05, 3.63) is 16.1 Å². The molecule has 0 radical (unpaired) electrons. The van der Waals surface area contributed by atoms with Gasteiger partial charge in [-0.15, -0.1) is 11.3 Å². The van der Waals surface area contributed by atoms with Gasteiger partial charge in [-0.3, -0.25) is 0 Å². The molecule has 1 aromatic rings. The van der Waals surface area contributed by atoms with E-state index in [1.165, 1.54) is 4.88 Å². The van der Waals surface area contributed by atoms with Crippen molar-refractivity contribution in [2.45, 2.75) is 38.2 Å². The first-order valence-electron chi connectivity index (χ1n) is 4.31. The van der Waals surface area contributed by atoms with Crippen LogP contribution in [0.3, 0.4) is 0 Å². The molecule has 0 amide bonds. The summed E-state index contributed by atoms with van der Waals surface area (Å²) in [5.41, 5.74) is 2.70. The summed E-state index contributed by atoms with van der Waals surface area (Å²) in [6.45, 7) is 2.03. The van der Waals surface area contributed by atoms with Crippen molar-refractivity contribution in [1.82, 2.24) is 4.98 Å². The van der Waals surface area contributed by atoms with E-state index >= 15 is 0 Å². The zero-order valence-corrected chi connectivity index (χ0v) is 8.02. The van der Waals surface area contributed by atoms with Crippen molar-refractivity contribution in [1.29, 1.82) is 0 Å². The summed E-state index contributed by atoms with van der Waals surface area (Å²) in [6.07, 6.45) is 3.89. The molecule has 1 heterocycles. The summed E-state index contributed by atoms with van der Waals surface area (Å²) < 4.78 is 0. The molecule has 0 spiro atoms. The minimum absolute atomic E-state index is 0.309. The molecule has 1 aromatic heterocycles. The molecule has 1 N–H and O–H groups in total. The molecule has 66 valence electrons. The maximum Gasteiger partial charge on any atom is 0.0797 e. The highest BCUT2D eigenvalue weighted by Gasteiger charge is 2.39. The summed E-state index contributed by atoms with van der Waals surface area (Å²) in [6, 6.07) is 0. The normalized spacial score (nSPS) is 19.5. The molecular formula is C9H13NOS. The first-order chi connectivity index (χ1) is 5.70. The van der Waals surface area contributed by atoms with Crippen molar-refractivity contribution >= 4 is 11.3 Å². The van der Waals surface area contributed by atoms with Gasteiger partial charge in [-0.05, 0) is 32.6 Å². The first-order valence-corrected chi connectivity index (χ1v) is 5.19. The van der Waals surface area contributed by atoms with Crippen LogP contribution in [0.5, 0.6) is 0 Å². The summed E-state index contributed by atoms with van der Waals surface area (Å²) in [7, 11) is 0. The molecular weight excluding hydrogens is 170 g/mol. The van der Waals surface area contributed by atoms with Crippen molar-refractivity contribution in [3.8, 4) is 0 Å². The molecule has 1 fully saturated rings. The van der Waals surface area contributed by atoms with Gasteiger partial charge >= 0.3 is 0 Å². The number of aliphatic hydroxyl groups is 1. The molecule has 0 unspecified atom stereocenters. The number of aromatic nitrogens is 1. The van der Waals surface area contributed by atoms with Gasteiger partial charge in [0.25, 0.3) is 0 Å². The molecule has 0 aliphatic heterocycles. The smallest absolute Gasteiger partial charge is 0.0797 e. The fourth-order valence-electron chi connectivity index (χ4n) is 1.31. The monoisotopic (exact) mass is 183 g/mol. The molecule has 3 heteroatoms. The van der Waals surface area contributed by atoms with Crippen LogP contribution in [0.25, 0.3) is 0 Å². The number of hydrogen-bond acceptors (Lipinski definition) is 3. The second kappa shape index (κ2) is 2.82. The molecule has 0 bridgehead atoms. The predicted octanol–water partition coefficient (Wildman–Crippen LogP) is 1.91. The zero-order valence-electron chi connectivity index (χ0n) is 7.21. The van der Waals surface area contributed by atoms with Gasteiger partial charge in [-0.25, -0.2) is 4.98 Å². The van der Waals surface area contributed by atoms with E-state index in [0.29, 0.717) is 0 Å². The molecule has 1 saturated carbocycles. The Balaban J connectivity index is 1.91. The molecule has 0 aromatic carbocycles. The lowest BCUT2D eigenvalue weighted by atomic mass is 10.1. The van der Waals surface area contributed by atoms with E-state index in [1.807, 2.05) is 12.4 Å². The highest BCUT2D eigenvalue weighted by Crippen LogP contribution is 2.39. The Morgan fingerprint density at radius 2 is 2.42 bits per heavy atom. The van der Waals surface area contributed by atoms with E-state index in [9.17, 15) is 5.11 Å². The maximum atomic E-state index is 9.60. The second-order valence-electron chi connectivity index (χ2n) is 3.59. The molecule has 2 nitrogen and oxygen atoms in total. The Morgan fingerprint density at radius 1 is 1.67 bits per heavy atom. The molecule has 12 heavy (non-hydrogen) atoms. The topological polar surface area (TPSA) is 33.1 Å². The average Bonchev–Trinajstić information content (AvgIpc) is 2.61. The Hall–Kier alpha value is -0.410. The van der Waals surface area contributed by atoms with Gasteiger partial charge in [0, 0.05) is 4.88 Å². The van der Waals surface area contributed by atoms with Crippen molar-refractivity contribution in [2.24, 2.45) is 0 Å². The SMILES string of the molecule is Cc1ncsc1CCC1(O)CC1. The third-order valence-electron chi connectivity index (χ3n) is 2.49. The van der Waals surface area contributed by atoms with E-state index in [2.05, 4.69) is 4.98 Å². The molecule has 1 aliphatic carbocycles. The number of hydrogen-bond donors (Lipinski definition) is 1. The van der Waals surface area contributed by atoms with E-state index in [-0.39, 0.29) is 5.60 Å². The van der Waals surface area contributed by atoms with Crippen molar-refractivity contribution in [3.63, 3.8) is 0 Å². The fraction of sp³-hybridized carbons (Fsp3) is 0.667. The quantitative estimate of drug-likeness (QED) is 0.776. The lowest BCUT2D eigenvalue weighted by Gasteiger charge is -2.04. The standard InChI is InChI=1S/C9H13NOS/c1-7-8(12-6-10-7)2-3-9(11)4-5-9/h6,11H,2-5H2,1H3. The van der Waals surface area contributed by atoms with Crippen molar-refractivity contribution < 1.29 is 5.11 Å². The molecule has 2 rings (SSSR count). The average molecular weight is 183 g/mol. The zero-order chi connectivity index (χ0) is 8.60. The third kappa shape index (κ3) is 1.67. The fourth-order valence-corrected chi connectivity index (χ4v) is 2.09. The van der Waals surface area contributed by atoms with Gasteiger partial charge in [-0.1, -0.05) is 0 Å². The minimum Gasteiger partial charge on any atom is -0.390 e. The summed E-state index contributed by atoms with van der Waals surface area (Å²) in [4.78, 5) is 5.50. The summed E-state index contributed by atoms with van der Waals surface area (Å²) >= 11 is 1.70. The van der Waals surface area contributed by atoms with Crippen LogP contribution in [0.15, 0.2) is 5.51 Å². The molecule has 0 atom stereocenters. The van der Waals surface area contributed by atoms with Gasteiger partial charge in [0.2, 0.25) is 0 Å². The predicted molar refractivity (Wildman–Crippen MR) is 49.4 cm³/mol. The lowest BCUT2D eigenvalue weighted by Crippen LogP contribution is -2.07. The number of thiazole rings is 1. The van der Waals surface area contributed by atoms with Crippen LogP contribution in [0.1, 0.15) is 29.8 Å². The lowest BCUT2D eigenvalue weighted by molar-refractivity contribution is 0.141. The first kappa shape index (κ1) is 8.20. The van der Waals surface area contributed by atoms with Crippen LogP contribution in [0, 0.1) is 6.92 Å². The Kier molecular flexibility index (Phi) is 1.93. The van der Waals surface area contributed by atoms with Crippen molar-refractivity contribution in [2.75, 3.05) is 0 Å². The van der Waals surface area contributed by atoms with E-state index in [0.717, 1.165) is 31.4 Å². The van der Waals surface area contributed by atoms with Crippen LogP contribution >= 0.6 is 11.3 Å². The summed E-state index contributed by atoms with van der Waals surface area (Å²) in [5, 5.41) is 9.60. The Bertz CT molecular complexity index is 278. The van der Waals surface area contributed by atoms with Crippen LogP contribution in [0.2, 0.25) is 0 Å². The third-order valence-corrected chi connectivity index (χ3v) is 3.48. The van der Waals surface area contributed by atoms with Gasteiger partial charge in [0.1, 0.15) is 0 Å². The van der Waals surface area contributed by atoms with Crippen LogP contribution in [-0.2, 0) is 6.42 Å².